The molecule has 0 saturated carbocycles. The van der Waals surface area contributed by atoms with E-state index in [1.165, 1.54) is 5.56 Å². The van der Waals surface area contributed by atoms with Crippen molar-refractivity contribution in [1.82, 2.24) is 0 Å². The Kier molecular flexibility index (Phi) is 4.95. The molecule has 1 N–H and O–H groups in total. The molecule has 3 heteroatoms. The lowest BCUT2D eigenvalue weighted by Crippen LogP contribution is -2.07. The van der Waals surface area contributed by atoms with Crippen LogP contribution in [-0.2, 0) is 0 Å². The third-order valence-corrected chi connectivity index (χ3v) is 4.22. The molecule has 0 amide bonds. The molecule has 20 heavy (non-hydrogen) atoms. The highest BCUT2D eigenvalue weighted by atomic mass is 35.5. The molecule has 0 fully saturated rings. The zero-order chi connectivity index (χ0) is 14.7. The molecular weight excluding hydrogens is 289 g/mol. The van der Waals surface area contributed by atoms with Crippen LogP contribution in [0.25, 0.3) is 0 Å². The standard InChI is InChI=1S/C17H19Cl2N/c1-11(2)13-6-4-7-14(10-13)20-12(3)15-8-5-9-16(18)17(15)19/h4-12,20H,1-3H3. The first-order valence-electron chi connectivity index (χ1n) is 6.79. The average molecular weight is 308 g/mol. The van der Waals surface area contributed by atoms with Gasteiger partial charge in [-0.2, -0.15) is 0 Å². The number of halogens is 2. The highest BCUT2D eigenvalue weighted by Gasteiger charge is 2.12. The zero-order valence-corrected chi connectivity index (χ0v) is 13.5. The summed E-state index contributed by atoms with van der Waals surface area (Å²) in [6.07, 6.45) is 0. The summed E-state index contributed by atoms with van der Waals surface area (Å²) in [7, 11) is 0. The topological polar surface area (TPSA) is 12.0 Å². The van der Waals surface area contributed by atoms with Gasteiger partial charge in [-0.1, -0.05) is 61.3 Å². The number of hydrogen-bond acceptors (Lipinski definition) is 1. The molecule has 2 aromatic carbocycles. The highest BCUT2D eigenvalue weighted by molar-refractivity contribution is 6.42. The lowest BCUT2D eigenvalue weighted by atomic mass is 10.0. The van der Waals surface area contributed by atoms with Gasteiger partial charge in [0.05, 0.1) is 16.1 Å². The third kappa shape index (κ3) is 3.47. The summed E-state index contributed by atoms with van der Waals surface area (Å²) in [5.41, 5.74) is 3.42. The van der Waals surface area contributed by atoms with Crippen LogP contribution in [0.5, 0.6) is 0 Å². The molecule has 0 aliphatic heterocycles. The van der Waals surface area contributed by atoms with Gasteiger partial charge in [0.25, 0.3) is 0 Å². The van der Waals surface area contributed by atoms with Crippen LogP contribution >= 0.6 is 23.2 Å². The van der Waals surface area contributed by atoms with Crippen LogP contribution in [0.2, 0.25) is 10.0 Å². The van der Waals surface area contributed by atoms with Crippen LogP contribution in [-0.4, -0.2) is 0 Å². The van der Waals surface area contributed by atoms with Crippen LogP contribution < -0.4 is 5.32 Å². The second kappa shape index (κ2) is 6.51. The molecule has 0 heterocycles. The predicted octanol–water partition coefficient (Wildman–Crippen LogP) is 6.29. The number of hydrogen-bond donors (Lipinski definition) is 1. The summed E-state index contributed by atoms with van der Waals surface area (Å²) in [6, 6.07) is 14.3. The van der Waals surface area contributed by atoms with Gasteiger partial charge in [-0.15, -0.1) is 0 Å². The van der Waals surface area contributed by atoms with Gasteiger partial charge in [0.1, 0.15) is 0 Å². The van der Waals surface area contributed by atoms with E-state index in [-0.39, 0.29) is 6.04 Å². The van der Waals surface area contributed by atoms with Crippen molar-refractivity contribution in [3.63, 3.8) is 0 Å². The van der Waals surface area contributed by atoms with Crippen LogP contribution in [0.1, 0.15) is 43.9 Å². The van der Waals surface area contributed by atoms with Crippen molar-refractivity contribution >= 4 is 28.9 Å². The molecule has 1 unspecified atom stereocenters. The normalized spacial score (nSPS) is 12.5. The van der Waals surface area contributed by atoms with E-state index < -0.39 is 0 Å². The van der Waals surface area contributed by atoms with E-state index in [0.29, 0.717) is 16.0 Å². The SMILES string of the molecule is CC(C)c1cccc(NC(C)c2cccc(Cl)c2Cl)c1. The molecule has 0 radical (unpaired) electrons. The molecule has 0 aliphatic rings. The predicted molar refractivity (Wildman–Crippen MR) is 89.0 cm³/mol. The Morgan fingerprint density at radius 1 is 0.950 bits per heavy atom. The molecule has 0 spiro atoms. The number of rotatable bonds is 4. The smallest absolute Gasteiger partial charge is 0.0644 e. The molecule has 106 valence electrons. The highest BCUT2D eigenvalue weighted by Crippen LogP contribution is 2.31. The van der Waals surface area contributed by atoms with E-state index in [4.69, 9.17) is 23.2 Å². The van der Waals surface area contributed by atoms with Crippen LogP contribution in [0.4, 0.5) is 5.69 Å². The van der Waals surface area contributed by atoms with Crippen molar-refractivity contribution in [2.45, 2.75) is 32.7 Å². The molecule has 2 aromatic rings. The van der Waals surface area contributed by atoms with Crippen LogP contribution in [0, 0.1) is 0 Å². The van der Waals surface area contributed by atoms with Crippen molar-refractivity contribution in [3.05, 3.63) is 63.6 Å². The molecule has 1 atom stereocenters. The van der Waals surface area contributed by atoms with Crippen LogP contribution in [0.15, 0.2) is 42.5 Å². The fourth-order valence-corrected chi connectivity index (χ4v) is 2.64. The minimum Gasteiger partial charge on any atom is -0.378 e. The largest absolute Gasteiger partial charge is 0.378 e. The molecule has 0 bridgehead atoms. The number of nitrogens with one attached hydrogen (secondary N) is 1. The molecule has 1 nitrogen and oxygen atoms in total. The first kappa shape index (κ1) is 15.2. The van der Waals surface area contributed by atoms with Gasteiger partial charge in [-0.3, -0.25) is 0 Å². The number of benzene rings is 2. The third-order valence-electron chi connectivity index (χ3n) is 3.38. The maximum atomic E-state index is 6.26. The van der Waals surface area contributed by atoms with Gasteiger partial charge in [-0.05, 0) is 42.2 Å². The lowest BCUT2D eigenvalue weighted by molar-refractivity contribution is 0.858. The minimum absolute atomic E-state index is 0.101. The summed E-state index contributed by atoms with van der Waals surface area (Å²) in [6.45, 7) is 6.46. The van der Waals surface area contributed by atoms with E-state index >= 15 is 0 Å². The Bertz CT molecular complexity index is 593. The van der Waals surface area contributed by atoms with Gasteiger partial charge < -0.3 is 5.32 Å². The summed E-state index contributed by atoms with van der Waals surface area (Å²) in [4.78, 5) is 0. The Balaban J connectivity index is 2.21. The van der Waals surface area contributed by atoms with Gasteiger partial charge in [0.2, 0.25) is 0 Å². The van der Waals surface area contributed by atoms with E-state index in [0.717, 1.165) is 11.3 Å². The summed E-state index contributed by atoms with van der Waals surface area (Å²) in [5, 5.41) is 4.69. The van der Waals surface area contributed by atoms with Crippen molar-refractivity contribution in [2.24, 2.45) is 0 Å². The van der Waals surface area contributed by atoms with Crippen molar-refractivity contribution in [2.75, 3.05) is 5.32 Å². The number of anilines is 1. The van der Waals surface area contributed by atoms with Crippen molar-refractivity contribution in [3.8, 4) is 0 Å². The summed E-state index contributed by atoms with van der Waals surface area (Å²) in [5.74, 6) is 0.516. The summed E-state index contributed by atoms with van der Waals surface area (Å²) >= 11 is 12.3. The van der Waals surface area contributed by atoms with Crippen LogP contribution in [0.3, 0.4) is 0 Å². The van der Waals surface area contributed by atoms with E-state index in [9.17, 15) is 0 Å². The first-order valence-corrected chi connectivity index (χ1v) is 7.55. The van der Waals surface area contributed by atoms with Gasteiger partial charge in [-0.25, -0.2) is 0 Å². The van der Waals surface area contributed by atoms with Crippen molar-refractivity contribution < 1.29 is 0 Å². The zero-order valence-electron chi connectivity index (χ0n) is 12.0. The fourth-order valence-electron chi connectivity index (χ4n) is 2.17. The Labute approximate surface area is 130 Å². The molecular formula is C17H19Cl2N. The quantitative estimate of drug-likeness (QED) is 0.700. The maximum absolute atomic E-state index is 6.26. The second-order valence-corrected chi connectivity index (χ2v) is 6.07. The molecule has 0 aliphatic carbocycles. The van der Waals surface area contributed by atoms with Crippen molar-refractivity contribution in [1.29, 1.82) is 0 Å². The lowest BCUT2D eigenvalue weighted by Gasteiger charge is -2.18. The fraction of sp³-hybridized carbons (Fsp3) is 0.294. The van der Waals surface area contributed by atoms with E-state index in [1.54, 1.807) is 6.07 Å². The maximum Gasteiger partial charge on any atom is 0.0644 e. The second-order valence-electron chi connectivity index (χ2n) is 5.29. The Morgan fingerprint density at radius 3 is 2.35 bits per heavy atom. The Hall–Kier alpha value is -1.18. The van der Waals surface area contributed by atoms with Gasteiger partial charge in [0.15, 0.2) is 0 Å². The van der Waals surface area contributed by atoms with E-state index in [2.05, 4.69) is 50.4 Å². The molecule has 2 rings (SSSR count). The molecule has 0 aromatic heterocycles. The average Bonchev–Trinajstić information content (AvgIpc) is 2.42. The first-order chi connectivity index (χ1) is 9.49. The van der Waals surface area contributed by atoms with E-state index in [1.807, 2.05) is 12.1 Å². The summed E-state index contributed by atoms with van der Waals surface area (Å²) < 4.78 is 0. The van der Waals surface area contributed by atoms with Gasteiger partial charge >= 0.3 is 0 Å². The molecule has 0 saturated heterocycles. The Morgan fingerprint density at radius 2 is 1.65 bits per heavy atom. The van der Waals surface area contributed by atoms with Gasteiger partial charge in [0, 0.05) is 5.69 Å². The minimum atomic E-state index is 0.101. The monoisotopic (exact) mass is 307 g/mol.